The normalized spacial score (nSPS) is 18.8. The highest BCUT2D eigenvalue weighted by Crippen LogP contribution is 2.28. The maximum absolute atomic E-state index is 6.13. The minimum absolute atomic E-state index is 0.298. The van der Waals surface area contributed by atoms with Gasteiger partial charge in [0.15, 0.2) is 5.82 Å². The van der Waals surface area contributed by atoms with E-state index in [4.69, 9.17) is 10.6 Å². The highest BCUT2D eigenvalue weighted by molar-refractivity contribution is 9.10. The maximum atomic E-state index is 6.13. The van der Waals surface area contributed by atoms with E-state index in [0.717, 1.165) is 34.0 Å². The minimum atomic E-state index is 0.298. The molecule has 3 rings (SSSR count). The zero-order valence-corrected chi connectivity index (χ0v) is 13.9. The fraction of sp³-hybridized carbons (Fsp3) is 0.429. The average molecular weight is 369 g/mol. The van der Waals surface area contributed by atoms with Gasteiger partial charge in [0.2, 0.25) is 5.16 Å². The van der Waals surface area contributed by atoms with Gasteiger partial charge in [0.05, 0.1) is 6.10 Å². The van der Waals surface area contributed by atoms with Gasteiger partial charge in [0.25, 0.3) is 0 Å². The lowest BCUT2D eigenvalue weighted by molar-refractivity contribution is 0.0315. The van der Waals surface area contributed by atoms with Crippen LogP contribution in [-0.4, -0.2) is 33.3 Å². The van der Waals surface area contributed by atoms with E-state index in [1.165, 1.54) is 12.8 Å². The van der Waals surface area contributed by atoms with Crippen LogP contribution in [0.15, 0.2) is 33.9 Å². The van der Waals surface area contributed by atoms with Gasteiger partial charge >= 0.3 is 0 Å². The van der Waals surface area contributed by atoms with Crippen LogP contribution in [0.5, 0.6) is 0 Å². The zero-order chi connectivity index (χ0) is 14.7. The highest BCUT2D eigenvalue weighted by atomic mass is 79.9. The summed E-state index contributed by atoms with van der Waals surface area (Å²) in [5, 5.41) is 9.12. The average Bonchev–Trinajstić information content (AvgIpc) is 2.88. The van der Waals surface area contributed by atoms with Gasteiger partial charge in [0, 0.05) is 22.4 Å². The highest BCUT2D eigenvalue weighted by Gasteiger charge is 2.18. The molecular formula is C14H17BrN4OS. The molecule has 1 aliphatic rings. The lowest BCUT2D eigenvalue weighted by Crippen LogP contribution is -2.22. The first-order valence-corrected chi connectivity index (χ1v) is 8.73. The fourth-order valence-electron chi connectivity index (χ4n) is 2.31. The molecule has 1 fully saturated rings. The van der Waals surface area contributed by atoms with Crippen molar-refractivity contribution in [2.24, 2.45) is 0 Å². The van der Waals surface area contributed by atoms with Crippen LogP contribution >= 0.6 is 27.7 Å². The number of nitrogens with zero attached hydrogens (tertiary/aromatic N) is 3. The lowest BCUT2D eigenvalue weighted by atomic mass is 10.1. The molecule has 1 atom stereocenters. The smallest absolute Gasteiger partial charge is 0.210 e. The van der Waals surface area contributed by atoms with Gasteiger partial charge in [0.1, 0.15) is 0 Å². The van der Waals surface area contributed by atoms with E-state index < -0.39 is 0 Å². The van der Waals surface area contributed by atoms with E-state index in [1.807, 2.05) is 24.3 Å². The van der Waals surface area contributed by atoms with Crippen LogP contribution in [0.4, 0.5) is 0 Å². The second kappa shape index (κ2) is 6.81. The quantitative estimate of drug-likeness (QED) is 0.663. The number of aromatic nitrogens is 3. The van der Waals surface area contributed by atoms with Crippen molar-refractivity contribution in [1.29, 1.82) is 0 Å². The summed E-state index contributed by atoms with van der Waals surface area (Å²) in [4.78, 5) is 0. The molecule has 21 heavy (non-hydrogen) atoms. The first kappa shape index (κ1) is 14.9. The van der Waals surface area contributed by atoms with Gasteiger partial charge in [-0.1, -0.05) is 39.8 Å². The van der Waals surface area contributed by atoms with Crippen molar-refractivity contribution in [3.05, 3.63) is 28.7 Å². The first-order valence-electron chi connectivity index (χ1n) is 6.95. The van der Waals surface area contributed by atoms with Crippen molar-refractivity contribution >= 4 is 27.7 Å². The molecule has 2 aromatic rings. The van der Waals surface area contributed by atoms with Crippen molar-refractivity contribution < 1.29 is 4.74 Å². The van der Waals surface area contributed by atoms with E-state index in [2.05, 4.69) is 26.1 Å². The van der Waals surface area contributed by atoms with Gasteiger partial charge < -0.3 is 10.6 Å². The number of nitrogen functional groups attached to an aromatic ring is 1. The molecule has 2 N–H and O–H groups in total. The van der Waals surface area contributed by atoms with Crippen LogP contribution in [0.25, 0.3) is 11.4 Å². The standard InChI is InChI=1S/C14H17BrN4OS/c15-12-7-2-1-6-11(12)13-17-18-14(19(13)16)21-9-10-5-3-4-8-20-10/h1-2,6-7,10H,3-5,8-9,16H2. The third kappa shape index (κ3) is 3.41. The second-order valence-electron chi connectivity index (χ2n) is 4.96. The second-order valence-corrected chi connectivity index (χ2v) is 6.80. The zero-order valence-electron chi connectivity index (χ0n) is 11.5. The molecule has 1 saturated heterocycles. The van der Waals surface area contributed by atoms with E-state index >= 15 is 0 Å². The molecule has 0 amide bonds. The largest absolute Gasteiger partial charge is 0.377 e. The van der Waals surface area contributed by atoms with Crippen LogP contribution < -0.4 is 5.84 Å². The monoisotopic (exact) mass is 368 g/mol. The minimum Gasteiger partial charge on any atom is -0.377 e. The predicted molar refractivity (Wildman–Crippen MR) is 87.6 cm³/mol. The summed E-state index contributed by atoms with van der Waals surface area (Å²) in [6.07, 6.45) is 3.82. The van der Waals surface area contributed by atoms with E-state index in [0.29, 0.717) is 11.9 Å². The van der Waals surface area contributed by atoms with Gasteiger partial charge in [-0.3, -0.25) is 0 Å². The third-order valence-corrected chi connectivity index (χ3v) is 5.22. The summed E-state index contributed by atoms with van der Waals surface area (Å²) < 4.78 is 8.23. The summed E-state index contributed by atoms with van der Waals surface area (Å²) in [5.74, 6) is 7.66. The topological polar surface area (TPSA) is 66.0 Å². The molecule has 0 aliphatic carbocycles. The number of nitrogens with two attached hydrogens (primary N) is 1. The molecule has 1 aromatic heterocycles. The molecule has 0 spiro atoms. The molecule has 0 radical (unpaired) electrons. The number of halogens is 1. The molecule has 0 saturated carbocycles. The summed E-state index contributed by atoms with van der Waals surface area (Å²) in [7, 11) is 0. The molecule has 1 aromatic carbocycles. The summed E-state index contributed by atoms with van der Waals surface area (Å²) in [6.45, 7) is 0.864. The Hall–Kier alpha value is -1.05. The molecule has 5 nitrogen and oxygen atoms in total. The van der Waals surface area contributed by atoms with Gasteiger partial charge in [-0.2, -0.15) is 0 Å². The maximum Gasteiger partial charge on any atom is 0.210 e. The van der Waals surface area contributed by atoms with Crippen LogP contribution in [0, 0.1) is 0 Å². The van der Waals surface area contributed by atoms with Crippen molar-refractivity contribution in [1.82, 2.24) is 14.9 Å². The van der Waals surface area contributed by atoms with Gasteiger partial charge in [-0.05, 0) is 31.4 Å². The number of ether oxygens (including phenoxy) is 1. The van der Waals surface area contributed by atoms with Crippen molar-refractivity contribution in [3.8, 4) is 11.4 Å². The van der Waals surface area contributed by atoms with Crippen LogP contribution in [0.2, 0.25) is 0 Å². The van der Waals surface area contributed by atoms with Gasteiger partial charge in [-0.25, -0.2) is 4.68 Å². The van der Waals surface area contributed by atoms with E-state index in [1.54, 1.807) is 16.4 Å². The Labute approximate surface area is 136 Å². The molecule has 1 unspecified atom stereocenters. The Kier molecular flexibility index (Phi) is 4.82. The van der Waals surface area contributed by atoms with Crippen LogP contribution in [0.3, 0.4) is 0 Å². The van der Waals surface area contributed by atoms with Crippen molar-refractivity contribution in [3.63, 3.8) is 0 Å². The van der Waals surface area contributed by atoms with Gasteiger partial charge in [-0.15, -0.1) is 10.2 Å². The molecule has 0 bridgehead atoms. The Balaban J connectivity index is 1.72. The Morgan fingerprint density at radius 3 is 2.95 bits per heavy atom. The molecular weight excluding hydrogens is 352 g/mol. The predicted octanol–water partition coefficient (Wildman–Crippen LogP) is 3.08. The number of benzene rings is 1. The fourth-order valence-corrected chi connectivity index (χ4v) is 3.69. The van der Waals surface area contributed by atoms with E-state index in [-0.39, 0.29) is 0 Å². The first-order chi connectivity index (χ1) is 10.3. The van der Waals surface area contributed by atoms with Crippen molar-refractivity contribution in [2.45, 2.75) is 30.5 Å². The summed E-state index contributed by atoms with van der Waals surface area (Å²) in [5.41, 5.74) is 0.938. The summed E-state index contributed by atoms with van der Waals surface area (Å²) in [6, 6.07) is 7.85. The van der Waals surface area contributed by atoms with E-state index in [9.17, 15) is 0 Å². The number of rotatable bonds is 4. The number of thioether (sulfide) groups is 1. The Morgan fingerprint density at radius 2 is 2.19 bits per heavy atom. The Bertz CT molecular complexity index is 613. The molecule has 2 heterocycles. The molecule has 112 valence electrons. The SMILES string of the molecule is Nn1c(SCC2CCCCO2)nnc1-c1ccccc1Br. The summed E-state index contributed by atoms with van der Waals surface area (Å²) >= 11 is 5.11. The third-order valence-electron chi connectivity index (χ3n) is 3.45. The molecule has 1 aliphatic heterocycles. The lowest BCUT2D eigenvalue weighted by Gasteiger charge is -2.21. The number of hydrogen-bond acceptors (Lipinski definition) is 5. The van der Waals surface area contributed by atoms with Crippen molar-refractivity contribution in [2.75, 3.05) is 18.2 Å². The number of hydrogen-bond donors (Lipinski definition) is 1. The Morgan fingerprint density at radius 1 is 1.33 bits per heavy atom. The molecule has 7 heteroatoms. The van der Waals surface area contributed by atoms with Crippen LogP contribution in [-0.2, 0) is 4.74 Å². The van der Waals surface area contributed by atoms with Crippen LogP contribution in [0.1, 0.15) is 19.3 Å².